The van der Waals surface area contributed by atoms with Gasteiger partial charge in [0.25, 0.3) is 5.91 Å². The molecular weight excluding hydrogens is 338 g/mol. The van der Waals surface area contributed by atoms with Gasteiger partial charge in [0.05, 0.1) is 12.1 Å². The SMILES string of the molecule is Cn1ccc(NC(=O)c2cn(Cc3ccccc3)nc2-c2ccccc2)n1. The Morgan fingerprint density at radius 1 is 0.963 bits per heavy atom. The lowest BCUT2D eigenvalue weighted by Crippen LogP contribution is -2.13. The monoisotopic (exact) mass is 357 g/mol. The van der Waals surface area contributed by atoms with Crippen molar-refractivity contribution >= 4 is 11.7 Å². The van der Waals surface area contributed by atoms with Crippen molar-refractivity contribution in [2.24, 2.45) is 7.05 Å². The summed E-state index contributed by atoms with van der Waals surface area (Å²) in [6.45, 7) is 0.595. The standard InChI is InChI=1S/C21H19N5O/c1-25-13-12-19(23-25)22-21(27)18-15-26(14-16-8-4-2-5-9-16)24-20(18)17-10-6-3-7-11-17/h2-13,15H,14H2,1H3,(H,22,23,27). The molecule has 27 heavy (non-hydrogen) atoms. The first kappa shape index (κ1) is 16.8. The number of nitrogens with zero attached hydrogens (tertiary/aromatic N) is 4. The highest BCUT2D eigenvalue weighted by Gasteiger charge is 2.19. The Labute approximate surface area is 157 Å². The third-order valence-corrected chi connectivity index (χ3v) is 4.20. The van der Waals surface area contributed by atoms with Gasteiger partial charge in [-0.25, -0.2) is 0 Å². The minimum atomic E-state index is -0.230. The van der Waals surface area contributed by atoms with E-state index in [4.69, 9.17) is 0 Å². The summed E-state index contributed by atoms with van der Waals surface area (Å²) in [7, 11) is 1.81. The summed E-state index contributed by atoms with van der Waals surface area (Å²) in [4.78, 5) is 12.9. The zero-order valence-electron chi connectivity index (χ0n) is 14.9. The van der Waals surface area contributed by atoms with Gasteiger partial charge in [-0.05, 0) is 5.56 Å². The number of hydrogen-bond acceptors (Lipinski definition) is 3. The van der Waals surface area contributed by atoms with E-state index < -0.39 is 0 Å². The van der Waals surface area contributed by atoms with Crippen LogP contribution in [0, 0.1) is 0 Å². The molecule has 0 aliphatic heterocycles. The van der Waals surface area contributed by atoms with Gasteiger partial charge in [-0.2, -0.15) is 10.2 Å². The molecule has 0 aliphatic rings. The van der Waals surface area contributed by atoms with Crippen molar-refractivity contribution < 1.29 is 4.79 Å². The quantitative estimate of drug-likeness (QED) is 0.594. The van der Waals surface area contributed by atoms with Gasteiger partial charge in [-0.15, -0.1) is 0 Å². The minimum Gasteiger partial charge on any atom is -0.305 e. The maximum atomic E-state index is 12.9. The zero-order chi connectivity index (χ0) is 18.6. The van der Waals surface area contributed by atoms with E-state index in [1.54, 1.807) is 27.8 Å². The van der Waals surface area contributed by atoms with Crippen molar-refractivity contribution in [1.29, 1.82) is 0 Å². The molecule has 0 bridgehead atoms. The molecule has 0 saturated heterocycles. The Morgan fingerprint density at radius 2 is 1.67 bits per heavy atom. The molecule has 0 fully saturated rings. The van der Waals surface area contributed by atoms with Crippen molar-refractivity contribution in [2.75, 3.05) is 5.32 Å². The number of carbonyl (C=O) groups excluding carboxylic acids is 1. The number of nitrogens with one attached hydrogen (secondary N) is 1. The molecule has 1 N–H and O–H groups in total. The summed E-state index contributed by atoms with van der Waals surface area (Å²) in [5, 5.41) is 11.7. The van der Waals surface area contributed by atoms with Gasteiger partial charge in [-0.3, -0.25) is 14.2 Å². The fourth-order valence-electron chi connectivity index (χ4n) is 2.91. The van der Waals surface area contributed by atoms with Gasteiger partial charge >= 0.3 is 0 Å². The fourth-order valence-corrected chi connectivity index (χ4v) is 2.91. The Bertz CT molecular complexity index is 1050. The van der Waals surface area contributed by atoms with Crippen LogP contribution in [0.15, 0.2) is 79.1 Å². The number of rotatable bonds is 5. The van der Waals surface area contributed by atoms with Gasteiger partial charge in [0.15, 0.2) is 5.82 Å². The van der Waals surface area contributed by atoms with E-state index in [2.05, 4.69) is 15.5 Å². The van der Waals surface area contributed by atoms with E-state index in [0.717, 1.165) is 11.1 Å². The fraction of sp³-hybridized carbons (Fsp3) is 0.0952. The highest BCUT2D eigenvalue weighted by atomic mass is 16.1. The zero-order valence-corrected chi connectivity index (χ0v) is 14.9. The van der Waals surface area contributed by atoms with Crippen LogP contribution < -0.4 is 5.32 Å². The number of aryl methyl sites for hydroxylation is 1. The Balaban J connectivity index is 1.68. The molecular formula is C21H19N5O. The summed E-state index contributed by atoms with van der Waals surface area (Å²) < 4.78 is 3.44. The second kappa shape index (κ2) is 7.29. The van der Waals surface area contributed by atoms with Crippen molar-refractivity contribution in [3.63, 3.8) is 0 Å². The van der Waals surface area contributed by atoms with E-state index in [0.29, 0.717) is 23.6 Å². The molecule has 1 amide bonds. The maximum Gasteiger partial charge on any atom is 0.260 e. The lowest BCUT2D eigenvalue weighted by atomic mass is 10.1. The molecule has 4 rings (SSSR count). The van der Waals surface area contributed by atoms with Crippen LogP contribution in [0.1, 0.15) is 15.9 Å². The lowest BCUT2D eigenvalue weighted by molar-refractivity contribution is 0.102. The third kappa shape index (κ3) is 3.79. The van der Waals surface area contributed by atoms with Gasteiger partial charge in [0, 0.05) is 31.1 Å². The predicted octanol–water partition coefficient (Wildman–Crippen LogP) is 3.58. The smallest absolute Gasteiger partial charge is 0.260 e. The molecule has 0 atom stereocenters. The molecule has 0 unspecified atom stereocenters. The van der Waals surface area contributed by atoms with Crippen LogP contribution in [0.3, 0.4) is 0 Å². The number of amides is 1. The Hall–Kier alpha value is -3.67. The molecule has 4 aromatic rings. The first-order chi connectivity index (χ1) is 13.2. The highest BCUT2D eigenvalue weighted by molar-refractivity contribution is 6.07. The lowest BCUT2D eigenvalue weighted by Gasteiger charge is -2.02. The molecule has 2 heterocycles. The molecule has 2 aromatic carbocycles. The third-order valence-electron chi connectivity index (χ3n) is 4.20. The van der Waals surface area contributed by atoms with E-state index in [1.165, 1.54) is 0 Å². The Morgan fingerprint density at radius 3 is 2.33 bits per heavy atom. The van der Waals surface area contributed by atoms with Crippen LogP contribution in [0.25, 0.3) is 11.3 Å². The molecule has 0 saturated carbocycles. The first-order valence-corrected chi connectivity index (χ1v) is 8.67. The number of benzene rings is 2. The van der Waals surface area contributed by atoms with Gasteiger partial charge < -0.3 is 5.32 Å². The van der Waals surface area contributed by atoms with Gasteiger partial charge in [0.1, 0.15) is 5.69 Å². The normalized spacial score (nSPS) is 10.7. The maximum absolute atomic E-state index is 12.9. The van der Waals surface area contributed by atoms with E-state index in [1.807, 2.05) is 67.7 Å². The summed E-state index contributed by atoms with van der Waals surface area (Å²) in [6.07, 6.45) is 3.57. The number of carbonyl (C=O) groups is 1. The summed E-state index contributed by atoms with van der Waals surface area (Å²) in [6, 6.07) is 21.5. The Kier molecular flexibility index (Phi) is 4.53. The van der Waals surface area contributed by atoms with Gasteiger partial charge in [0.2, 0.25) is 0 Å². The molecule has 0 radical (unpaired) electrons. The summed E-state index contributed by atoms with van der Waals surface area (Å²) in [5.74, 6) is 0.282. The topological polar surface area (TPSA) is 64.7 Å². The van der Waals surface area contributed by atoms with Crippen LogP contribution in [0.4, 0.5) is 5.82 Å². The van der Waals surface area contributed by atoms with Crippen LogP contribution >= 0.6 is 0 Å². The molecule has 6 nitrogen and oxygen atoms in total. The molecule has 6 heteroatoms. The molecule has 0 spiro atoms. The summed E-state index contributed by atoms with van der Waals surface area (Å²) >= 11 is 0. The number of anilines is 1. The minimum absolute atomic E-state index is 0.230. The van der Waals surface area contributed by atoms with Gasteiger partial charge in [-0.1, -0.05) is 60.7 Å². The van der Waals surface area contributed by atoms with Crippen LogP contribution in [-0.2, 0) is 13.6 Å². The van der Waals surface area contributed by atoms with Crippen molar-refractivity contribution in [3.8, 4) is 11.3 Å². The molecule has 0 aliphatic carbocycles. The summed E-state index contributed by atoms with van der Waals surface area (Å²) in [5.41, 5.74) is 3.19. The first-order valence-electron chi connectivity index (χ1n) is 8.67. The van der Waals surface area contributed by atoms with Crippen LogP contribution in [0.2, 0.25) is 0 Å². The second-order valence-corrected chi connectivity index (χ2v) is 6.27. The van der Waals surface area contributed by atoms with Crippen molar-refractivity contribution in [2.45, 2.75) is 6.54 Å². The van der Waals surface area contributed by atoms with Crippen LogP contribution in [-0.4, -0.2) is 25.5 Å². The van der Waals surface area contributed by atoms with Crippen molar-refractivity contribution in [3.05, 3.63) is 90.3 Å². The highest BCUT2D eigenvalue weighted by Crippen LogP contribution is 2.23. The van der Waals surface area contributed by atoms with Crippen molar-refractivity contribution in [1.82, 2.24) is 19.6 Å². The van der Waals surface area contributed by atoms with Crippen LogP contribution in [0.5, 0.6) is 0 Å². The molecule has 2 aromatic heterocycles. The molecule has 134 valence electrons. The number of hydrogen-bond donors (Lipinski definition) is 1. The second-order valence-electron chi connectivity index (χ2n) is 6.27. The number of aromatic nitrogens is 4. The average molecular weight is 357 g/mol. The van der Waals surface area contributed by atoms with E-state index in [9.17, 15) is 4.79 Å². The largest absolute Gasteiger partial charge is 0.305 e. The van der Waals surface area contributed by atoms with E-state index in [-0.39, 0.29) is 5.91 Å². The van der Waals surface area contributed by atoms with E-state index >= 15 is 0 Å². The predicted molar refractivity (Wildman–Crippen MR) is 104 cm³/mol. The average Bonchev–Trinajstić information content (AvgIpc) is 3.29.